The molecule has 1 aromatic carbocycles. The van der Waals surface area contributed by atoms with Crippen molar-refractivity contribution in [2.24, 2.45) is 5.92 Å². The van der Waals surface area contributed by atoms with E-state index in [0.717, 1.165) is 24.8 Å². The zero-order chi connectivity index (χ0) is 17.3. The highest BCUT2D eigenvalue weighted by atomic mass is 32.2. The van der Waals surface area contributed by atoms with Crippen LogP contribution in [0, 0.1) is 5.92 Å². The van der Waals surface area contributed by atoms with Gasteiger partial charge < -0.3 is 4.74 Å². The number of nitrogens with one attached hydrogen (secondary N) is 1. The fraction of sp³-hybridized carbons (Fsp3) is 0.667. The second kappa shape index (κ2) is 6.81. The second-order valence-electron chi connectivity index (χ2n) is 7.61. The molecule has 0 unspecified atom stereocenters. The van der Waals surface area contributed by atoms with Crippen LogP contribution in [0.1, 0.15) is 58.9 Å². The van der Waals surface area contributed by atoms with Crippen LogP contribution in [0.2, 0.25) is 0 Å². The highest BCUT2D eigenvalue weighted by Gasteiger charge is 2.29. The van der Waals surface area contributed by atoms with Gasteiger partial charge in [-0.3, -0.25) is 0 Å². The molecular formula is C18H29NO3S. The molecule has 2 atom stereocenters. The van der Waals surface area contributed by atoms with Gasteiger partial charge in [0.25, 0.3) is 0 Å². The molecule has 0 bridgehead atoms. The Morgan fingerprint density at radius 1 is 1.17 bits per heavy atom. The third kappa shape index (κ3) is 4.27. The topological polar surface area (TPSA) is 55.4 Å². The van der Waals surface area contributed by atoms with Gasteiger partial charge in [0.05, 0.1) is 7.11 Å². The fourth-order valence-corrected chi connectivity index (χ4v) is 4.68. The molecule has 1 aromatic rings. The normalized spacial score (nSPS) is 22.8. The van der Waals surface area contributed by atoms with Crippen molar-refractivity contribution >= 4 is 10.0 Å². The second-order valence-corrected chi connectivity index (χ2v) is 9.29. The van der Waals surface area contributed by atoms with E-state index in [2.05, 4.69) is 32.4 Å². The number of sulfonamides is 1. The van der Waals surface area contributed by atoms with E-state index in [4.69, 9.17) is 4.74 Å². The molecule has 5 heteroatoms. The summed E-state index contributed by atoms with van der Waals surface area (Å²) in [7, 11) is -2.09. The molecule has 0 heterocycles. The average Bonchev–Trinajstić information content (AvgIpc) is 2.48. The Morgan fingerprint density at radius 3 is 2.39 bits per heavy atom. The standard InChI is InChI=1S/C18H29NO3S/c1-13-8-6-7-9-15(13)19-23(20,21)17-12-14(18(2,3)4)10-11-16(17)22-5/h10-13,15,19H,6-9H2,1-5H3/t13-,15+/m1/s1. The summed E-state index contributed by atoms with van der Waals surface area (Å²) in [4.78, 5) is 0.241. The molecule has 0 aliphatic heterocycles. The van der Waals surface area contributed by atoms with Gasteiger partial charge in [0.15, 0.2) is 0 Å². The van der Waals surface area contributed by atoms with Gasteiger partial charge in [0.2, 0.25) is 10.0 Å². The van der Waals surface area contributed by atoms with Crippen molar-refractivity contribution in [3.8, 4) is 5.75 Å². The fourth-order valence-electron chi connectivity index (χ4n) is 3.11. The molecule has 0 amide bonds. The van der Waals surface area contributed by atoms with Crippen LogP contribution in [0.4, 0.5) is 0 Å². The summed E-state index contributed by atoms with van der Waals surface area (Å²) in [5, 5.41) is 0. The summed E-state index contributed by atoms with van der Waals surface area (Å²) in [5.74, 6) is 0.768. The van der Waals surface area contributed by atoms with E-state index in [-0.39, 0.29) is 16.4 Å². The number of hydrogen-bond acceptors (Lipinski definition) is 3. The van der Waals surface area contributed by atoms with Crippen molar-refractivity contribution in [1.82, 2.24) is 4.72 Å². The maximum absolute atomic E-state index is 12.9. The van der Waals surface area contributed by atoms with E-state index in [1.807, 2.05) is 6.07 Å². The van der Waals surface area contributed by atoms with E-state index in [1.54, 1.807) is 12.1 Å². The van der Waals surface area contributed by atoms with Gasteiger partial charge in [-0.05, 0) is 41.9 Å². The van der Waals surface area contributed by atoms with Crippen molar-refractivity contribution in [2.45, 2.75) is 69.7 Å². The minimum Gasteiger partial charge on any atom is -0.495 e. The molecule has 1 aliphatic rings. The lowest BCUT2D eigenvalue weighted by Gasteiger charge is -2.29. The first kappa shape index (κ1) is 18.3. The molecule has 4 nitrogen and oxygen atoms in total. The molecule has 0 spiro atoms. The van der Waals surface area contributed by atoms with Gasteiger partial charge in [-0.1, -0.05) is 46.6 Å². The SMILES string of the molecule is COc1ccc(C(C)(C)C)cc1S(=O)(=O)N[C@H]1CCCC[C@H]1C. The summed E-state index contributed by atoms with van der Waals surface area (Å²) in [6, 6.07) is 5.44. The molecule has 1 fully saturated rings. The average molecular weight is 340 g/mol. The largest absolute Gasteiger partial charge is 0.495 e. The van der Waals surface area contributed by atoms with Crippen LogP contribution in [-0.2, 0) is 15.4 Å². The van der Waals surface area contributed by atoms with Crippen molar-refractivity contribution in [2.75, 3.05) is 7.11 Å². The Bertz CT molecular complexity index is 647. The van der Waals surface area contributed by atoms with Crippen molar-refractivity contribution < 1.29 is 13.2 Å². The van der Waals surface area contributed by atoms with Gasteiger partial charge >= 0.3 is 0 Å². The Kier molecular flexibility index (Phi) is 5.41. The Balaban J connectivity index is 2.37. The Morgan fingerprint density at radius 2 is 1.83 bits per heavy atom. The molecule has 1 aliphatic carbocycles. The first-order valence-electron chi connectivity index (χ1n) is 8.36. The van der Waals surface area contributed by atoms with Gasteiger partial charge in [-0.15, -0.1) is 0 Å². The Hall–Kier alpha value is -1.07. The van der Waals surface area contributed by atoms with E-state index < -0.39 is 10.0 Å². The van der Waals surface area contributed by atoms with Crippen molar-refractivity contribution in [3.05, 3.63) is 23.8 Å². The maximum atomic E-state index is 12.9. The summed E-state index contributed by atoms with van der Waals surface area (Å²) in [6.45, 7) is 8.33. The highest BCUT2D eigenvalue weighted by Crippen LogP contribution is 2.32. The lowest BCUT2D eigenvalue weighted by Crippen LogP contribution is -2.41. The predicted molar refractivity (Wildman–Crippen MR) is 93.4 cm³/mol. The van der Waals surface area contributed by atoms with Crippen molar-refractivity contribution in [1.29, 1.82) is 0 Å². The van der Waals surface area contributed by atoms with E-state index in [9.17, 15) is 8.42 Å². The zero-order valence-electron chi connectivity index (χ0n) is 14.8. The number of benzene rings is 1. The highest BCUT2D eigenvalue weighted by molar-refractivity contribution is 7.89. The third-order valence-electron chi connectivity index (χ3n) is 4.74. The molecular weight excluding hydrogens is 310 g/mol. The summed E-state index contributed by atoms with van der Waals surface area (Å²) < 4.78 is 34.0. The zero-order valence-corrected chi connectivity index (χ0v) is 15.7. The Labute approximate surface area is 140 Å². The smallest absolute Gasteiger partial charge is 0.244 e. The quantitative estimate of drug-likeness (QED) is 0.906. The van der Waals surface area contributed by atoms with Gasteiger partial charge in [0.1, 0.15) is 10.6 Å². The minimum absolute atomic E-state index is 0.0109. The van der Waals surface area contributed by atoms with E-state index >= 15 is 0 Å². The summed E-state index contributed by atoms with van der Waals surface area (Å²) in [6.07, 6.45) is 4.24. The molecule has 2 rings (SSSR count). The van der Waals surface area contributed by atoms with Gasteiger partial charge in [-0.2, -0.15) is 0 Å². The molecule has 0 aromatic heterocycles. The summed E-state index contributed by atoms with van der Waals surface area (Å²) in [5.41, 5.74) is 0.865. The van der Waals surface area contributed by atoms with Crippen LogP contribution in [0.3, 0.4) is 0 Å². The first-order chi connectivity index (χ1) is 10.6. The number of ether oxygens (including phenoxy) is 1. The minimum atomic E-state index is -3.59. The third-order valence-corrected chi connectivity index (χ3v) is 6.25. The summed E-state index contributed by atoms with van der Waals surface area (Å²) >= 11 is 0. The van der Waals surface area contributed by atoms with Gasteiger partial charge in [0, 0.05) is 6.04 Å². The van der Waals surface area contributed by atoms with Crippen LogP contribution in [0.25, 0.3) is 0 Å². The molecule has 1 saturated carbocycles. The molecule has 0 saturated heterocycles. The van der Waals surface area contributed by atoms with E-state index in [1.165, 1.54) is 13.5 Å². The van der Waals surface area contributed by atoms with Crippen LogP contribution in [0.5, 0.6) is 5.75 Å². The number of methoxy groups -OCH3 is 1. The molecule has 23 heavy (non-hydrogen) atoms. The predicted octanol–water partition coefficient (Wildman–Crippen LogP) is 3.85. The molecule has 1 N–H and O–H groups in total. The number of hydrogen-bond donors (Lipinski definition) is 1. The van der Waals surface area contributed by atoms with E-state index in [0.29, 0.717) is 11.7 Å². The van der Waals surface area contributed by atoms with Crippen LogP contribution in [-0.4, -0.2) is 21.6 Å². The van der Waals surface area contributed by atoms with Crippen LogP contribution < -0.4 is 9.46 Å². The first-order valence-corrected chi connectivity index (χ1v) is 9.84. The maximum Gasteiger partial charge on any atom is 0.244 e. The van der Waals surface area contributed by atoms with Crippen LogP contribution >= 0.6 is 0 Å². The van der Waals surface area contributed by atoms with Crippen molar-refractivity contribution in [3.63, 3.8) is 0 Å². The lowest BCUT2D eigenvalue weighted by molar-refractivity contribution is 0.310. The molecule has 0 radical (unpaired) electrons. The number of rotatable bonds is 4. The monoisotopic (exact) mass is 339 g/mol. The van der Waals surface area contributed by atoms with Crippen LogP contribution in [0.15, 0.2) is 23.1 Å². The van der Waals surface area contributed by atoms with Gasteiger partial charge in [-0.25, -0.2) is 13.1 Å². The lowest BCUT2D eigenvalue weighted by atomic mass is 9.87. The molecule has 130 valence electrons.